The Labute approximate surface area is 296 Å². The number of rotatable bonds is 11. The first-order chi connectivity index (χ1) is 23.9. The molecular formula is C35H37ClF4N8O3. The van der Waals surface area contributed by atoms with E-state index in [-0.39, 0.29) is 52.6 Å². The molecule has 1 aliphatic carbocycles. The van der Waals surface area contributed by atoms with Crippen LogP contribution in [-0.2, 0) is 26.9 Å². The highest BCUT2D eigenvalue weighted by molar-refractivity contribution is 6.32. The first kappa shape index (κ1) is 36.0. The lowest BCUT2D eigenvalue weighted by Gasteiger charge is -2.35. The minimum atomic E-state index is -2.99. The molecule has 3 heterocycles. The summed E-state index contributed by atoms with van der Waals surface area (Å²) in [6.07, 6.45) is -0.224. The van der Waals surface area contributed by atoms with Crippen LogP contribution >= 0.6 is 11.6 Å². The lowest BCUT2D eigenvalue weighted by molar-refractivity contribution is -0.148. The summed E-state index contributed by atoms with van der Waals surface area (Å²) in [5.74, 6) is -3.39. The molecule has 2 aliphatic rings. The fourth-order valence-electron chi connectivity index (χ4n) is 6.56. The van der Waals surface area contributed by atoms with Crippen molar-refractivity contribution in [1.82, 2.24) is 29.4 Å². The van der Waals surface area contributed by atoms with E-state index in [1.54, 1.807) is 30.1 Å². The van der Waals surface area contributed by atoms with Gasteiger partial charge in [0.25, 0.3) is 12.3 Å². The van der Waals surface area contributed by atoms with Crippen LogP contribution in [0.5, 0.6) is 0 Å². The van der Waals surface area contributed by atoms with Gasteiger partial charge in [-0.3, -0.25) is 19.2 Å². The van der Waals surface area contributed by atoms with E-state index in [1.165, 1.54) is 37.3 Å². The number of benzene rings is 2. The molecule has 1 aliphatic heterocycles. The van der Waals surface area contributed by atoms with Crippen LogP contribution in [0.25, 0.3) is 16.9 Å². The molecule has 2 N–H and O–H groups in total. The van der Waals surface area contributed by atoms with E-state index in [0.29, 0.717) is 5.69 Å². The number of nitrogens with zero attached hydrogens (tertiary/aromatic N) is 7. The lowest BCUT2D eigenvalue weighted by Crippen LogP contribution is -2.47. The minimum absolute atomic E-state index is 0.0137. The number of aliphatic imine (C=N–C) groups is 1. The van der Waals surface area contributed by atoms with Crippen molar-refractivity contribution in [1.29, 1.82) is 0 Å². The molecule has 11 nitrogen and oxygen atoms in total. The Kier molecular flexibility index (Phi) is 9.23. The average Bonchev–Trinajstić information content (AvgIpc) is 3.44. The summed E-state index contributed by atoms with van der Waals surface area (Å²) in [5, 5.41) is 8.24. The number of ether oxygens (including phenoxy) is 1. The van der Waals surface area contributed by atoms with E-state index in [4.69, 9.17) is 27.1 Å². The lowest BCUT2D eigenvalue weighted by atomic mass is 9.75. The number of nitrogens with two attached hydrogens (primary N) is 1. The first-order valence-corrected chi connectivity index (χ1v) is 16.6. The highest BCUT2D eigenvalue weighted by Crippen LogP contribution is 2.49. The Morgan fingerprint density at radius 3 is 2.51 bits per heavy atom. The van der Waals surface area contributed by atoms with Gasteiger partial charge in [-0.2, -0.15) is 10.2 Å². The number of carbonyl (C=O) groups is 2. The maximum Gasteiger partial charge on any atom is 0.306 e. The second-order valence-corrected chi connectivity index (χ2v) is 14.8. The number of aromatic nitrogens is 5. The van der Waals surface area contributed by atoms with Gasteiger partial charge < -0.3 is 10.5 Å². The van der Waals surface area contributed by atoms with Crippen LogP contribution in [0.3, 0.4) is 0 Å². The second kappa shape index (κ2) is 13.1. The molecule has 2 aromatic heterocycles. The molecule has 1 amide bonds. The Bertz CT molecular complexity index is 2020. The van der Waals surface area contributed by atoms with Gasteiger partial charge in [0.2, 0.25) is 0 Å². The molecule has 16 heteroatoms. The van der Waals surface area contributed by atoms with Gasteiger partial charge >= 0.3 is 5.97 Å². The molecule has 0 radical (unpaired) electrons. The van der Waals surface area contributed by atoms with Gasteiger partial charge in [0, 0.05) is 24.7 Å². The van der Waals surface area contributed by atoms with Crippen molar-refractivity contribution in [3.8, 4) is 16.9 Å². The molecule has 1 fully saturated rings. The molecule has 4 atom stereocenters. The van der Waals surface area contributed by atoms with Crippen molar-refractivity contribution in [2.24, 2.45) is 29.1 Å². The second-order valence-electron chi connectivity index (χ2n) is 14.4. The maximum atomic E-state index is 15.8. The summed E-state index contributed by atoms with van der Waals surface area (Å²) in [5.41, 5.74) is 3.99. The van der Waals surface area contributed by atoms with E-state index in [0.717, 1.165) is 15.9 Å². The zero-order valence-corrected chi connectivity index (χ0v) is 29.3. The van der Waals surface area contributed by atoms with E-state index < -0.39 is 65.1 Å². The first-order valence-electron chi connectivity index (χ1n) is 16.2. The fourth-order valence-corrected chi connectivity index (χ4v) is 6.75. The van der Waals surface area contributed by atoms with Crippen molar-refractivity contribution in [2.75, 3.05) is 6.61 Å². The molecule has 0 saturated heterocycles. The third-order valence-corrected chi connectivity index (χ3v) is 9.48. The van der Waals surface area contributed by atoms with E-state index in [1.807, 2.05) is 20.8 Å². The molecule has 270 valence electrons. The highest BCUT2D eigenvalue weighted by Gasteiger charge is 2.54. The van der Waals surface area contributed by atoms with Gasteiger partial charge in [-0.05, 0) is 66.6 Å². The topological polar surface area (TPSA) is 134 Å². The predicted octanol–water partition coefficient (Wildman–Crippen LogP) is 6.61. The van der Waals surface area contributed by atoms with Gasteiger partial charge in [-0.1, -0.05) is 44.5 Å². The van der Waals surface area contributed by atoms with Gasteiger partial charge in [0.15, 0.2) is 17.3 Å². The summed E-state index contributed by atoms with van der Waals surface area (Å²) < 4.78 is 65.8. The van der Waals surface area contributed by atoms with Crippen molar-refractivity contribution in [3.05, 3.63) is 82.8 Å². The Balaban J connectivity index is 1.42. The number of alkyl halides is 3. The standard InChI is InChI=1S/C35H37ClF4N8O3/c1-33(2,3)17-35(20-7-8-22(24(37)13-20)25-10-11-46(5)45-25)31(50)47(32(41)44-35)27(16-51-28(49)14-21-15-34(21,4)40)19-6-9-23(36)26(12-19)48-30(29(38)39)42-18-43-48/h6-13,18,21,27,29H,14-17H2,1-5H3,(H2,41,44)/t21?,27-,34?,35-/m1/s1. The molecule has 4 aromatic rings. The van der Waals surface area contributed by atoms with E-state index >= 15 is 4.39 Å². The Morgan fingerprint density at radius 2 is 1.90 bits per heavy atom. The molecule has 2 unspecified atom stereocenters. The van der Waals surface area contributed by atoms with Crippen LogP contribution in [-0.4, -0.2) is 59.6 Å². The quantitative estimate of drug-likeness (QED) is 0.136. The third kappa shape index (κ3) is 7.08. The molecule has 51 heavy (non-hydrogen) atoms. The smallest absolute Gasteiger partial charge is 0.306 e. The van der Waals surface area contributed by atoms with Crippen LogP contribution in [0.1, 0.15) is 76.4 Å². The molecule has 2 aromatic carbocycles. The van der Waals surface area contributed by atoms with Gasteiger partial charge in [-0.25, -0.2) is 32.2 Å². The summed E-state index contributed by atoms with van der Waals surface area (Å²) in [7, 11) is 1.71. The molecule has 0 bridgehead atoms. The number of hydrogen-bond donors (Lipinski definition) is 1. The monoisotopic (exact) mass is 728 g/mol. The van der Waals surface area contributed by atoms with Crippen molar-refractivity contribution in [3.63, 3.8) is 0 Å². The zero-order valence-electron chi connectivity index (χ0n) is 28.6. The summed E-state index contributed by atoms with van der Waals surface area (Å²) >= 11 is 6.45. The van der Waals surface area contributed by atoms with Crippen molar-refractivity contribution < 1.29 is 31.9 Å². The van der Waals surface area contributed by atoms with Crippen LogP contribution in [0.15, 0.2) is 60.0 Å². The average molecular weight is 729 g/mol. The Morgan fingerprint density at radius 1 is 1.18 bits per heavy atom. The number of carbonyl (C=O) groups excluding carboxylic acids is 2. The molecule has 0 spiro atoms. The summed E-state index contributed by atoms with van der Waals surface area (Å²) in [6, 6.07) is 9.21. The number of guanidine groups is 1. The largest absolute Gasteiger partial charge is 0.463 e. The number of amides is 1. The Hall–Kier alpha value is -4.79. The zero-order chi connectivity index (χ0) is 37.0. The number of hydrogen-bond acceptors (Lipinski definition) is 8. The normalized spacial score (nSPS) is 22.4. The van der Waals surface area contributed by atoms with Crippen molar-refractivity contribution >= 4 is 29.4 Å². The number of aryl methyl sites for hydroxylation is 1. The number of halogens is 5. The molecular weight excluding hydrogens is 692 g/mol. The minimum Gasteiger partial charge on any atom is -0.463 e. The fraction of sp³-hybridized carbons (Fsp3) is 0.429. The molecule has 1 saturated carbocycles. The van der Waals surface area contributed by atoms with E-state index in [9.17, 15) is 22.8 Å². The van der Waals surface area contributed by atoms with Crippen LogP contribution in [0.4, 0.5) is 17.6 Å². The van der Waals surface area contributed by atoms with E-state index in [2.05, 4.69) is 15.2 Å². The SMILES string of the molecule is Cn1ccc(-c2ccc([C@@]3(CC(C)(C)C)N=C(N)N([C@H](COC(=O)CC4CC4(C)F)c4ccc(Cl)c(-n5ncnc5C(F)F)c4)C3=O)cc2F)n1. The van der Waals surface area contributed by atoms with Crippen molar-refractivity contribution in [2.45, 2.75) is 70.6 Å². The van der Waals surface area contributed by atoms with Gasteiger partial charge in [0.1, 0.15) is 24.4 Å². The van der Waals surface area contributed by atoms with Crippen LogP contribution < -0.4 is 5.73 Å². The predicted molar refractivity (Wildman–Crippen MR) is 180 cm³/mol. The highest BCUT2D eigenvalue weighted by atomic mass is 35.5. The molecule has 6 rings (SSSR count). The van der Waals surface area contributed by atoms with Crippen LogP contribution in [0.2, 0.25) is 5.02 Å². The van der Waals surface area contributed by atoms with Crippen LogP contribution in [0, 0.1) is 17.2 Å². The van der Waals surface area contributed by atoms with Gasteiger partial charge in [0.05, 0.1) is 28.9 Å². The number of esters is 1. The van der Waals surface area contributed by atoms with Gasteiger partial charge in [-0.15, -0.1) is 0 Å². The maximum absolute atomic E-state index is 15.8. The summed E-state index contributed by atoms with van der Waals surface area (Å²) in [6.45, 7) is 6.63. The summed E-state index contributed by atoms with van der Waals surface area (Å²) in [4.78, 5) is 37.3. The third-order valence-electron chi connectivity index (χ3n) is 9.16.